The molecule has 0 bridgehead atoms. The lowest BCUT2D eigenvalue weighted by Crippen LogP contribution is -2.34. The third-order valence-corrected chi connectivity index (χ3v) is 4.21. The second-order valence-electron chi connectivity index (χ2n) is 6.25. The van der Waals surface area contributed by atoms with E-state index in [0.29, 0.717) is 12.1 Å². The van der Waals surface area contributed by atoms with Gasteiger partial charge in [-0.05, 0) is 49.6 Å². The fourth-order valence-electron chi connectivity index (χ4n) is 2.85. The van der Waals surface area contributed by atoms with Crippen LogP contribution in [-0.2, 0) is 16.1 Å². The third kappa shape index (κ3) is 4.67. The molecule has 2 N–H and O–H groups in total. The summed E-state index contributed by atoms with van der Waals surface area (Å²) >= 11 is 0. The van der Waals surface area contributed by atoms with Crippen molar-refractivity contribution >= 4 is 17.5 Å². The fraction of sp³-hybridized carbons (Fsp3) is 0.300. The molecular weight excluding hydrogens is 316 g/mol. The van der Waals surface area contributed by atoms with E-state index in [-0.39, 0.29) is 24.0 Å². The summed E-state index contributed by atoms with van der Waals surface area (Å²) in [5.41, 5.74) is 2.18. The highest BCUT2D eigenvalue weighted by Gasteiger charge is 2.27. The lowest BCUT2D eigenvalue weighted by Gasteiger charge is -2.12. The summed E-state index contributed by atoms with van der Waals surface area (Å²) in [6.45, 7) is 2.35. The van der Waals surface area contributed by atoms with Gasteiger partial charge in [0.15, 0.2) is 0 Å². The van der Waals surface area contributed by atoms with Crippen molar-refractivity contribution in [3.8, 4) is 0 Å². The lowest BCUT2D eigenvalue weighted by atomic mass is 10.1. The van der Waals surface area contributed by atoms with E-state index in [2.05, 4.69) is 10.6 Å². The summed E-state index contributed by atoms with van der Waals surface area (Å²) in [6.07, 6.45) is 1.44. The van der Waals surface area contributed by atoms with Crippen molar-refractivity contribution in [2.45, 2.75) is 38.5 Å². The first-order valence-corrected chi connectivity index (χ1v) is 8.50. The number of rotatable bonds is 5. The van der Waals surface area contributed by atoms with E-state index < -0.39 is 0 Å². The van der Waals surface area contributed by atoms with Crippen LogP contribution in [0.2, 0.25) is 0 Å². The Bertz CT molecular complexity index is 746. The highest BCUT2D eigenvalue weighted by atomic mass is 16.5. The molecule has 2 unspecified atom stereocenters. The molecule has 1 aliphatic rings. The van der Waals surface area contributed by atoms with Crippen LogP contribution in [0.5, 0.6) is 0 Å². The second-order valence-corrected chi connectivity index (χ2v) is 6.25. The fourth-order valence-corrected chi connectivity index (χ4v) is 2.85. The van der Waals surface area contributed by atoms with Gasteiger partial charge in [-0.3, -0.25) is 9.59 Å². The Morgan fingerprint density at radius 1 is 1.08 bits per heavy atom. The quantitative estimate of drug-likeness (QED) is 0.880. The van der Waals surface area contributed by atoms with E-state index in [1.807, 2.05) is 49.4 Å². The molecule has 1 aliphatic heterocycles. The number of benzene rings is 2. The molecular formula is C20H22N2O3. The van der Waals surface area contributed by atoms with Gasteiger partial charge < -0.3 is 15.4 Å². The SMILES string of the molecule is CC1CCC(C(=O)NCc2cccc(C(=O)Nc3ccccc3)c2)O1. The van der Waals surface area contributed by atoms with Gasteiger partial charge in [-0.25, -0.2) is 0 Å². The largest absolute Gasteiger partial charge is 0.365 e. The van der Waals surface area contributed by atoms with Gasteiger partial charge in [0.25, 0.3) is 5.91 Å². The maximum Gasteiger partial charge on any atom is 0.255 e. The summed E-state index contributed by atoms with van der Waals surface area (Å²) in [4.78, 5) is 24.4. The average Bonchev–Trinajstić information content (AvgIpc) is 3.07. The van der Waals surface area contributed by atoms with Crippen molar-refractivity contribution in [1.82, 2.24) is 5.32 Å². The molecule has 0 aliphatic carbocycles. The van der Waals surface area contributed by atoms with Crippen LogP contribution in [0.4, 0.5) is 5.69 Å². The van der Waals surface area contributed by atoms with Crippen molar-refractivity contribution in [1.29, 1.82) is 0 Å². The van der Waals surface area contributed by atoms with Crippen molar-refractivity contribution in [3.63, 3.8) is 0 Å². The molecule has 3 rings (SSSR count). The molecule has 2 atom stereocenters. The molecule has 0 spiro atoms. The van der Waals surface area contributed by atoms with Gasteiger partial charge in [0.1, 0.15) is 6.10 Å². The normalized spacial score (nSPS) is 19.4. The Balaban J connectivity index is 1.57. The number of para-hydroxylation sites is 1. The molecule has 2 amide bonds. The average molecular weight is 338 g/mol. The third-order valence-electron chi connectivity index (χ3n) is 4.21. The van der Waals surface area contributed by atoms with Crippen molar-refractivity contribution < 1.29 is 14.3 Å². The lowest BCUT2D eigenvalue weighted by molar-refractivity contribution is -0.131. The standard InChI is InChI=1S/C20H22N2O3/c1-14-10-11-18(25-14)20(24)21-13-15-6-5-7-16(12-15)19(23)22-17-8-3-2-4-9-17/h2-9,12,14,18H,10-11,13H2,1H3,(H,21,24)(H,22,23). The molecule has 5 nitrogen and oxygen atoms in total. The molecule has 2 aromatic carbocycles. The van der Waals surface area contributed by atoms with Crippen molar-refractivity contribution in [2.24, 2.45) is 0 Å². The van der Waals surface area contributed by atoms with E-state index >= 15 is 0 Å². The number of carbonyl (C=O) groups is 2. The van der Waals surface area contributed by atoms with Gasteiger partial charge >= 0.3 is 0 Å². The molecule has 0 aromatic heterocycles. The van der Waals surface area contributed by atoms with Gasteiger partial charge in [-0.15, -0.1) is 0 Å². The van der Waals surface area contributed by atoms with Gasteiger partial charge in [-0.1, -0.05) is 30.3 Å². The van der Waals surface area contributed by atoms with Crippen LogP contribution >= 0.6 is 0 Å². The van der Waals surface area contributed by atoms with Crippen LogP contribution in [0.15, 0.2) is 54.6 Å². The zero-order chi connectivity index (χ0) is 17.6. The van der Waals surface area contributed by atoms with Crippen LogP contribution in [0.25, 0.3) is 0 Å². The molecule has 1 saturated heterocycles. The number of ether oxygens (including phenoxy) is 1. The zero-order valence-corrected chi connectivity index (χ0v) is 14.2. The highest BCUT2D eigenvalue weighted by Crippen LogP contribution is 2.19. The van der Waals surface area contributed by atoms with Crippen LogP contribution in [-0.4, -0.2) is 24.0 Å². The Hall–Kier alpha value is -2.66. The first kappa shape index (κ1) is 17.2. The van der Waals surface area contributed by atoms with Crippen LogP contribution in [0.3, 0.4) is 0 Å². The number of hydrogen-bond acceptors (Lipinski definition) is 3. The van der Waals surface area contributed by atoms with Gasteiger partial charge in [0.2, 0.25) is 5.91 Å². The second kappa shape index (κ2) is 7.94. The summed E-state index contributed by atoms with van der Waals surface area (Å²) in [6, 6.07) is 16.6. The Kier molecular flexibility index (Phi) is 5.46. The maximum absolute atomic E-state index is 12.3. The number of hydrogen-bond donors (Lipinski definition) is 2. The monoisotopic (exact) mass is 338 g/mol. The molecule has 130 valence electrons. The summed E-state index contributed by atoms with van der Waals surface area (Å²) < 4.78 is 5.56. The van der Waals surface area contributed by atoms with E-state index in [4.69, 9.17) is 4.74 Å². The van der Waals surface area contributed by atoms with Crippen molar-refractivity contribution in [3.05, 3.63) is 65.7 Å². The first-order valence-electron chi connectivity index (χ1n) is 8.50. The van der Waals surface area contributed by atoms with E-state index in [1.54, 1.807) is 12.1 Å². The van der Waals surface area contributed by atoms with E-state index in [9.17, 15) is 9.59 Å². The van der Waals surface area contributed by atoms with Crippen LogP contribution in [0, 0.1) is 0 Å². The number of anilines is 1. The summed E-state index contributed by atoms with van der Waals surface area (Å²) in [7, 11) is 0. The van der Waals surface area contributed by atoms with Crippen molar-refractivity contribution in [2.75, 3.05) is 5.32 Å². The molecule has 25 heavy (non-hydrogen) atoms. The smallest absolute Gasteiger partial charge is 0.255 e. The summed E-state index contributed by atoms with van der Waals surface area (Å²) in [5.74, 6) is -0.268. The van der Waals surface area contributed by atoms with Gasteiger partial charge in [0.05, 0.1) is 6.10 Å². The van der Waals surface area contributed by atoms with Gasteiger partial charge in [0, 0.05) is 17.8 Å². The number of nitrogens with one attached hydrogen (secondary N) is 2. The molecule has 2 aromatic rings. The van der Waals surface area contributed by atoms with Crippen LogP contribution < -0.4 is 10.6 Å². The van der Waals surface area contributed by atoms with E-state index in [1.165, 1.54) is 0 Å². The molecule has 0 radical (unpaired) electrons. The van der Waals surface area contributed by atoms with Gasteiger partial charge in [-0.2, -0.15) is 0 Å². The Labute approximate surface area is 147 Å². The predicted molar refractivity (Wildman–Crippen MR) is 96.3 cm³/mol. The molecule has 1 heterocycles. The van der Waals surface area contributed by atoms with Crippen LogP contribution in [0.1, 0.15) is 35.7 Å². The Morgan fingerprint density at radius 3 is 2.60 bits per heavy atom. The minimum absolute atomic E-state index is 0.0940. The number of amides is 2. The molecule has 5 heteroatoms. The van der Waals surface area contributed by atoms with E-state index in [0.717, 1.165) is 24.1 Å². The minimum atomic E-state index is -0.362. The summed E-state index contributed by atoms with van der Waals surface area (Å²) in [5, 5.41) is 5.74. The highest BCUT2D eigenvalue weighted by molar-refractivity contribution is 6.04. The number of carbonyl (C=O) groups excluding carboxylic acids is 2. The topological polar surface area (TPSA) is 67.4 Å². The zero-order valence-electron chi connectivity index (χ0n) is 14.2. The minimum Gasteiger partial charge on any atom is -0.365 e. The predicted octanol–water partition coefficient (Wildman–Crippen LogP) is 3.12. The molecule has 1 fully saturated rings. The maximum atomic E-state index is 12.3. The Morgan fingerprint density at radius 2 is 1.88 bits per heavy atom. The first-order chi connectivity index (χ1) is 12.1. The molecule has 0 saturated carbocycles.